The third-order valence-electron chi connectivity index (χ3n) is 10.1. The summed E-state index contributed by atoms with van der Waals surface area (Å²) in [5, 5.41) is 20.5. The Morgan fingerprint density at radius 2 is 1.96 bits per heavy atom. The molecule has 0 radical (unpaired) electrons. The van der Waals surface area contributed by atoms with E-state index in [0.717, 1.165) is 101 Å². The summed E-state index contributed by atoms with van der Waals surface area (Å²) in [7, 11) is -3.61. The van der Waals surface area contributed by atoms with Crippen LogP contribution in [0.25, 0.3) is 5.65 Å². The molecule has 3 aromatic rings. The molecule has 1 aromatic carbocycles. The lowest BCUT2D eigenvalue weighted by Gasteiger charge is -2.35. The normalized spacial score (nSPS) is 18.8. The van der Waals surface area contributed by atoms with Gasteiger partial charge in [-0.25, -0.2) is 17.9 Å². The highest BCUT2D eigenvalue weighted by Gasteiger charge is 2.33. The summed E-state index contributed by atoms with van der Waals surface area (Å²) in [5.41, 5.74) is 2.71. The van der Waals surface area contributed by atoms with E-state index in [9.17, 15) is 13.2 Å². The average molecular weight is 758 g/mol. The summed E-state index contributed by atoms with van der Waals surface area (Å²) in [6.45, 7) is 14.2. The lowest BCUT2D eigenvalue weighted by atomic mass is 9.98. The predicted octanol–water partition coefficient (Wildman–Crippen LogP) is 6.13. The number of hydrogen-bond donors (Lipinski definition) is 4. The molecule has 2 fully saturated rings. The minimum absolute atomic E-state index is 0.0938. The predicted molar refractivity (Wildman–Crippen MR) is 208 cm³/mol. The standard InChI is InChI=1S/C37H56ClN9O4S/c1-7-16-37(4,5)51-19-15-26(8-2)22-40-36(39)41-28-14-18-45(24-28)34-25(3)23-47-33(42-34)21-31(43-47)32-11-9-10-17-46(32)35(48)29-20-27(38)12-13-30(29)44-52(6,49)50/h12-13,20-21,23,26,28,32,44H,7-11,14-19,22,24H2,1-6H3,(H3,39,40,41). The number of ether oxygens (including phenoxy) is 1. The fraction of sp³-hybridized carbons (Fsp3) is 0.622. The van der Waals surface area contributed by atoms with Crippen molar-refractivity contribution < 1.29 is 17.9 Å². The number of amides is 1. The van der Waals surface area contributed by atoms with Gasteiger partial charge < -0.3 is 25.2 Å². The van der Waals surface area contributed by atoms with E-state index in [-0.39, 0.29) is 34.8 Å². The molecule has 3 unspecified atom stereocenters. The van der Waals surface area contributed by atoms with Crippen LogP contribution in [0, 0.1) is 18.3 Å². The Bertz CT molecular complexity index is 1830. The minimum atomic E-state index is -3.61. The van der Waals surface area contributed by atoms with Gasteiger partial charge in [-0.15, -0.1) is 0 Å². The molecule has 2 aliphatic heterocycles. The molecule has 0 aliphatic carbocycles. The number of carbonyl (C=O) groups excluding carboxylic acids is 1. The van der Waals surface area contributed by atoms with Gasteiger partial charge >= 0.3 is 0 Å². The van der Waals surface area contributed by atoms with Crippen LogP contribution in [0.4, 0.5) is 11.5 Å². The molecule has 15 heteroatoms. The zero-order chi connectivity index (χ0) is 37.6. The van der Waals surface area contributed by atoms with Crippen molar-refractivity contribution in [3.8, 4) is 0 Å². The van der Waals surface area contributed by atoms with E-state index >= 15 is 0 Å². The molecule has 13 nitrogen and oxygen atoms in total. The number of guanidine groups is 1. The molecule has 286 valence electrons. The molecule has 1 amide bonds. The van der Waals surface area contributed by atoms with Crippen LogP contribution in [0.1, 0.15) is 107 Å². The van der Waals surface area contributed by atoms with E-state index in [2.05, 4.69) is 48.0 Å². The third-order valence-corrected chi connectivity index (χ3v) is 10.9. The number of rotatable bonds is 15. The van der Waals surface area contributed by atoms with E-state index in [1.54, 1.807) is 15.5 Å². The first-order valence-corrected chi connectivity index (χ1v) is 20.9. The first-order valence-electron chi connectivity index (χ1n) is 18.6. The maximum absolute atomic E-state index is 14.0. The number of benzene rings is 1. The number of anilines is 2. The Hall–Kier alpha value is -3.62. The number of piperidine rings is 1. The van der Waals surface area contributed by atoms with Gasteiger partial charge in [-0.3, -0.25) is 14.9 Å². The van der Waals surface area contributed by atoms with Crippen molar-refractivity contribution in [2.45, 2.75) is 104 Å². The minimum Gasteiger partial charge on any atom is -0.376 e. The molecular weight excluding hydrogens is 702 g/mol. The Morgan fingerprint density at radius 3 is 2.69 bits per heavy atom. The molecule has 3 atom stereocenters. The molecule has 2 aliphatic rings. The molecule has 4 N–H and O–H groups in total. The van der Waals surface area contributed by atoms with Crippen LogP contribution in [0.3, 0.4) is 0 Å². The molecule has 5 rings (SSSR count). The molecule has 2 saturated heterocycles. The van der Waals surface area contributed by atoms with Gasteiger partial charge in [0.05, 0.1) is 34.8 Å². The number of fused-ring (bicyclic) bond motifs is 1. The zero-order valence-electron chi connectivity index (χ0n) is 31.5. The summed E-state index contributed by atoms with van der Waals surface area (Å²) < 4.78 is 34.5. The monoisotopic (exact) mass is 757 g/mol. The van der Waals surface area contributed by atoms with Crippen molar-refractivity contribution in [3.63, 3.8) is 0 Å². The lowest BCUT2D eigenvalue weighted by Crippen LogP contribution is -2.45. The van der Waals surface area contributed by atoms with Crippen molar-refractivity contribution in [3.05, 3.63) is 52.3 Å². The fourth-order valence-corrected chi connectivity index (χ4v) is 8.07. The van der Waals surface area contributed by atoms with Crippen molar-refractivity contribution in [1.82, 2.24) is 30.1 Å². The van der Waals surface area contributed by atoms with Gasteiger partial charge in [-0.2, -0.15) is 5.10 Å². The highest BCUT2D eigenvalue weighted by molar-refractivity contribution is 7.92. The Morgan fingerprint density at radius 1 is 1.17 bits per heavy atom. The highest BCUT2D eigenvalue weighted by Crippen LogP contribution is 2.34. The number of nitrogens with one attached hydrogen (secondary N) is 4. The number of carbonyl (C=O) groups is 1. The van der Waals surface area contributed by atoms with E-state index < -0.39 is 10.0 Å². The van der Waals surface area contributed by atoms with E-state index in [1.165, 1.54) is 12.1 Å². The van der Waals surface area contributed by atoms with Crippen LogP contribution in [0.5, 0.6) is 0 Å². The van der Waals surface area contributed by atoms with Crippen LogP contribution in [-0.2, 0) is 14.8 Å². The Balaban J connectivity index is 1.22. The van der Waals surface area contributed by atoms with Crippen molar-refractivity contribution in [2.75, 3.05) is 48.7 Å². The van der Waals surface area contributed by atoms with Gasteiger partial charge in [-0.1, -0.05) is 38.3 Å². The quantitative estimate of drug-likeness (QED) is 0.106. The smallest absolute Gasteiger partial charge is 0.256 e. The van der Waals surface area contributed by atoms with Gasteiger partial charge in [-0.05, 0) is 83.4 Å². The Labute approximate surface area is 313 Å². The molecule has 2 aromatic heterocycles. The van der Waals surface area contributed by atoms with Crippen LogP contribution in [0.15, 0.2) is 30.5 Å². The van der Waals surface area contributed by atoms with E-state index in [0.29, 0.717) is 29.1 Å². The topological polar surface area (TPSA) is 157 Å². The second kappa shape index (κ2) is 17.0. The summed E-state index contributed by atoms with van der Waals surface area (Å²) in [6, 6.07) is 6.34. The summed E-state index contributed by atoms with van der Waals surface area (Å²) in [6.07, 6.45) is 10.5. The molecular formula is C37H56ClN9O4S. The molecule has 0 saturated carbocycles. The number of likely N-dealkylation sites (tertiary alicyclic amines) is 1. The van der Waals surface area contributed by atoms with Crippen LogP contribution in [-0.4, -0.2) is 90.5 Å². The maximum atomic E-state index is 14.0. The molecule has 4 heterocycles. The number of sulfonamides is 1. The highest BCUT2D eigenvalue weighted by atomic mass is 35.5. The molecule has 0 spiro atoms. The van der Waals surface area contributed by atoms with Crippen LogP contribution < -0.4 is 20.3 Å². The molecule has 52 heavy (non-hydrogen) atoms. The largest absolute Gasteiger partial charge is 0.376 e. The van der Waals surface area contributed by atoms with Crippen molar-refractivity contribution >= 4 is 50.6 Å². The number of hydrogen-bond acceptors (Lipinski definition) is 8. The molecule has 0 bridgehead atoms. The number of halogens is 1. The summed E-state index contributed by atoms with van der Waals surface area (Å²) in [5.74, 6) is 1.36. The first-order chi connectivity index (χ1) is 24.7. The van der Waals surface area contributed by atoms with Crippen molar-refractivity contribution in [2.24, 2.45) is 5.92 Å². The number of nitrogens with zero attached hydrogens (tertiary/aromatic N) is 5. The third kappa shape index (κ3) is 10.3. The van der Waals surface area contributed by atoms with Gasteiger partial charge in [0, 0.05) is 61.7 Å². The van der Waals surface area contributed by atoms with Gasteiger partial charge in [0.15, 0.2) is 11.6 Å². The average Bonchev–Trinajstić information content (AvgIpc) is 3.72. The van der Waals surface area contributed by atoms with E-state index in [1.807, 2.05) is 19.2 Å². The first kappa shape index (κ1) is 39.6. The van der Waals surface area contributed by atoms with Crippen LogP contribution in [0.2, 0.25) is 5.02 Å². The number of aryl methyl sites for hydroxylation is 1. The second-order valence-electron chi connectivity index (χ2n) is 14.9. The second-order valence-corrected chi connectivity index (χ2v) is 17.1. The summed E-state index contributed by atoms with van der Waals surface area (Å²) in [4.78, 5) is 23.0. The van der Waals surface area contributed by atoms with Gasteiger partial charge in [0.2, 0.25) is 10.0 Å². The summed E-state index contributed by atoms with van der Waals surface area (Å²) >= 11 is 6.26. The van der Waals surface area contributed by atoms with Crippen molar-refractivity contribution in [1.29, 1.82) is 5.41 Å². The number of aromatic nitrogens is 3. The lowest BCUT2D eigenvalue weighted by molar-refractivity contribution is -0.0293. The van der Waals surface area contributed by atoms with Gasteiger partial charge in [0.25, 0.3) is 5.91 Å². The fourth-order valence-electron chi connectivity index (χ4n) is 7.32. The Kier molecular flexibility index (Phi) is 13.0. The zero-order valence-corrected chi connectivity index (χ0v) is 33.0. The van der Waals surface area contributed by atoms with E-state index in [4.69, 9.17) is 31.8 Å². The maximum Gasteiger partial charge on any atom is 0.256 e. The van der Waals surface area contributed by atoms with Crippen LogP contribution >= 0.6 is 11.6 Å². The van der Waals surface area contributed by atoms with Gasteiger partial charge in [0.1, 0.15) is 5.82 Å². The SMILES string of the molecule is CCCC(C)(C)OCCC(CC)CNC(=N)NC1CCN(c2nc3cc(C4CCCCN4C(=O)c4cc(Cl)ccc4NS(C)(=O)=O)nn3cc2C)C1.